The molecule has 0 spiro atoms. The molecule has 1 aromatic rings. The molecule has 2 saturated heterocycles. The molecule has 3 N–H and O–H groups in total. The number of pyridine rings is 1. The fraction of sp³-hybridized carbons (Fsp3) is 0.500. The lowest BCUT2D eigenvalue weighted by Gasteiger charge is -2.21. The summed E-state index contributed by atoms with van der Waals surface area (Å²) in [5.41, 5.74) is 0.237. The van der Waals surface area contributed by atoms with Gasteiger partial charge in [-0.3, -0.25) is 4.79 Å². The second kappa shape index (κ2) is 4.40. The Kier molecular flexibility index (Phi) is 2.87. The molecule has 18 heavy (non-hydrogen) atoms. The number of aromatic hydroxyl groups is 1. The van der Waals surface area contributed by atoms with Crippen molar-refractivity contribution in [2.24, 2.45) is 0 Å². The van der Waals surface area contributed by atoms with Gasteiger partial charge in [-0.1, -0.05) is 11.6 Å². The zero-order valence-electron chi connectivity index (χ0n) is 9.69. The number of amides is 1. The van der Waals surface area contributed by atoms with Crippen LogP contribution in [0.15, 0.2) is 12.3 Å². The van der Waals surface area contributed by atoms with Gasteiger partial charge in [0.15, 0.2) is 5.75 Å². The number of halogens is 1. The van der Waals surface area contributed by atoms with Crippen molar-refractivity contribution >= 4 is 17.5 Å². The lowest BCUT2D eigenvalue weighted by atomic mass is 9.95. The maximum absolute atomic E-state index is 12.0. The lowest BCUT2D eigenvalue weighted by Crippen LogP contribution is -2.43. The smallest absolute Gasteiger partial charge is 0.270 e. The highest BCUT2D eigenvalue weighted by Crippen LogP contribution is 2.28. The molecule has 96 valence electrons. The predicted molar refractivity (Wildman–Crippen MR) is 66.7 cm³/mol. The van der Waals surface area contributed by atoms with Gasteiger partial charge >= 0.3 is 0 Å². The molecule has 3 unspecified atom stereocenters. The monoisotopic (exact) mass is 267 g/mol. The number of hydrogen-bond donors (Lipinski definition) is 3. The van der Waals surface area contributed by atoms with Crippen LogP contribution in [-0.2, 0) is 0 Å². The van der Waals surface area contributed by atoms with E-state index in [-0.39, 0.29) is 28.4 Å². The summed E-state index contributed by atoms with van der Waals surface area (Å²) in [6.45, 7) is 0. The largest absolute Gasteiger partial charge is 0.505 e. The van der Waals surface area contributed by atoms with E-state index in [4.69, 9.17) is 11.6 Å². The molecule has 6 heteroatoms. The third-order valence-corrected chi connectivity index (χ3v) is 3.99. The highest BCUT2D eigenvalue weighted by molar-refractivity contribution is 6.32. The van der Waals surface area contributed by atoms with Crippen molar-refractivity contribution in [3.63, 3.8) is 0 Å². The van der Waals surface area contributed by atoms with Gasteiger partial charge in [0.25, 0.3) is 5.91 Å². The molecule has 2 bridgehead atoms. The Morgan fingerprint density at radius 1 is 1.56 bits per heavy atom. The highest BCUT2D eigenvalue weighted by Gasteiger charge is 2.39. The van der Waals surface area contributed by atoms with Gasteiger partial charge in [-0.15, -0.1) is 0 Å². The Bertz CT molecular complexity index is 494. The van der Waals surface area contributed by atoms with Crippen LogP contribution < -0.4 is 10.6 Å². The van der Waals surface area contributed by atoms with Gasteiger partial charge in [0.05, 0.1) is 11.2 Å². The summed E-state index contributed by atoms with van der Waals surface area (Å²) in [7, 11) is 0. The van der Waals surface area contributed by atoms with Gasteiger partial charge in [-0.05, 0) is 25.3 Å². The number of nitrogens with one attached hydrogen (secondary N) is 2. The van der Waals surface area contributed by atoms with Gasteiger partial charge in [-0.2, -0.15) is 0 Å². The third-order valence-electron chi connectivity index (χ3n) is 3.68. The highest BCUT2D eigenvalue weighted by atomic mass is 35.5. The topological polar surface area (TPSA) is 74.2 Å². The number of rotatable bonds is 2. The Morgan fingerprint density at radius 2 is 2.39 bits per heavy atom. The molecule has 2 aliphatic rings. The van der Waals surface area contributed by atoms with E-state index in [1.165, 1.54) is 18.7 Å². The first kappa shape index (κ1) is 11.7. The normalized spacial score (nSPS) is 29.5. The molecule has 1 amide bonds. The van der Waals surface area contributed by atoms with Gasteiger partial charge in [0, 0.05) is 18.1 Å². The average molecular weight is 268 g/mol. The molecule has 2 fully saturated rings. The van der Waals surface area contributed by atoms with Crippen molar-refractivity contribution in [1.29, 1.82) is 0 Å². The van der Waals surface area contributed by atoms with E-state index in [9.17, 15) is 9.90 Å². The molecule has 0 radical (unpaired) electrons. The molecule has 3 atom stereocenters. The van der Waals surface area contributed by atoms with E-state index >= 15 is 0 Å². The number of fused-ring (bicyclic) bond motifs is 2. The van der Waals surface area contributed by atoms with E-state index in [0.717, 1.165) is 12.8 Å². The van der Waals surface area contributed by atoms with Crippen LogP contribution in [0.2, 0.25) is 5.02 Å². The first-order valence-corrected chi connectivity index (χ1v) is 6.42. The maximum atomic E-state index is 12.0. The second-order valence-corrected chi connectivity index (χ2v) is 5.29. The number of nitrogens with zero attached hydrogens (tertiary/aromatic N) is 1. The third kappa shape index (κ3) is 2.04. The van der Waals surface area contributed by atoms with Crippen LogP contribution in [-0.4, -0.2) is 34.1 Å². The number of aromatic nitrogens is 1. The fourth-order valence-electron chi connectivity index (χ4n) is 2.77. The molecule has 5 nitrogen and oxygen atoms in total. The lowest BCUT2D eigenvalue weighted by molar-refractivity contribution is 0.0926. The molecular weight excluding hydrogens is 254 g/mol. The van der Waals surface area contributed by atoms with Crippen molar-refractivity contribution in [3.05, 3.63) is 23.0 Å². The van der Waals surface area contributed by atoms with Crippen molar-refractivity contribution in [2.75, 3.05) is 0 Å². The minimum atomic E-state index is -0.240. The molecule has 3 heterocycles. The standard InChI is InChI=1S/C12H14ClN3O2/c13-7-4-10(14-5-11(7)17)12(18)16-9-3-6-1-2-8(9)15-6/h4-6,8-9,15,17H,1-3H2,(H,16,18). The van der Waals surface area contributed by atoms with Crippen molar-refractivity contribution < 1.29 is 9.90 Å². The maximum Gasteiger partial charge on any atom is 0.270 e. The van der Waals surface area contributed by atoms with E-state index in [1.807, 2.05) is 0 Å². The van der Waals surface area contributed by atoms with E-state index < -0.39 is 0 Å². The summed E-state index contributed by atoms with van der Waals surface area (Å²) < 4.78 is 0. The quantitative estimate of drug-likeness (QED) is 0.749. The van der Waals surface area contributed by atoms with Gasteiger partial charge in [-0.25, -0.2) is 4.98 Å². The summed E-state index contributed by atoms with van der Waals surface area (Å²) in [6.07, 6.45) is 4.47. The number of carbonyl (C=O) groups is 1. The SMILES string of the molecule is O=C(NC1CC2CCC1N2)c1cc(Cl)c(O)cn1. The summed E-state index contributed by atoms with van der Waals surface area (Å²) in [5, 5.41) is 15.8. The minimum absolute atomic E-state index is 0.116. The van der Waals surface area contributed by atoms with Crippen LogP contribution in [0.3, 0.4) is 0 Å². The first-order valence-electron chi connectivity index (χ1n) is 6.05. The summed E-state index contributed by atoms with van der Waals surface area (Å²) in [6, 6.07) is 2.47. The number of hydrogen-bond acceptors (Lipinski definition) is 4. The molecule has 0 saturated carbocycles. The molecular formula is C12H14ClN3O2. The van der Waals surface area contributed by atoms with E-state index in [0.29, 0.717) is 12.1 Å². The van der Waals surface area contributed by atoms with Gasteiger partial charge in [0.1, 0.15) is 5.69 Å². The average Bonchev–Trinajstić information content (AvgIpc) is 2.94. The van der Waals surface area contributed by atoms with Crippen LogP contribution >= 0.6 is 11.6 Å². The van der Waals surface area contributed by atoms with Gasteiger partial charge < -0.3 is 15.7 Å². The van der Waals surface area contributed by atoms with Gasteiger partial charge in [0.2, 0.25) is 0 Å². The number of carbonyl (C=O) groups excluding carboxylic acids is 1. The van der Waals surface area contributed by atoms with Crippen LogP contribution in [0, 0.1) is 0 Å². The molecule has 2 aliphatic heterocycles. The van der Waals surface area contributed by atoms with Crippen LogP contribution in [0.4, 0.5) is 0 Å². The van der Waals surface area contributed by atoms with Crippen molar-refractivity contribution in [2.45, 2.75) is 37.4 Å². The molecule has 0 aromatic carbocycles. The zero-order valence-corrected chi connectivity index (χ0v) is 10.4. The fourth-order valence-corrected chi connectivity index (χ4v) is 2.93. The first-order chi connectivity index (χ1) is 8.63. The molecule has 0 aliphatic carbocycles. The van der Waals surface area contributed by atoms with Crippen molar-refractivity contribution in [1.82, 2.24) is 15.6 Å². The summed E-state index contributed by atoms with van der Waals surface area (Å²) in [5.74, 6) is -0.356. The Balaban J connectivity index is 1.69. The van der Waals surface area contributed by atoms with Crippen molar-refractivity contribution in [3.8, 4) is 5.75 Å². The zero-order chi connectivity index (χ0) is 12.7. The van der Waals surface area contributed by atoms with Crippen LogP contribution in [0.5, 0.6) is 5.75 Å². The minimum Gasteiger partial charge on any atom is -0.505 e. The molecule has 3 rings (SSSR count). The summed E-state index contributed by atoms with van der Waals surface area (Å²) in [4.78, 5) is 15.9. The summed E-state index contributed by atoms with van der Waals surface area (Å²) >= 11 is 5.76. The van der Waals surface area contributed by atoms with Crippen LogP contribution in [0.25, 0.3) is 0 Å². The predicted octanol–water partition coefficient (Wildman–Crippen LogP) is 1.06. The Morgan fingerprint density at radius 3 is 3.00 bits per heavy atom. The Hall–Kier alpha value is -1.33. The molecule has 1 aromatic heterocycles. The van der Waals surface area contributed by atoms with E-state index in [1.54, 1.807) is 0 Å². The second-order valence-electron chi connectivity index (χ2n) is 4.88. The van der Waals surface area contributed by atoms with Crippen LogP contribution in [0.1, 0.15) is 29.8 Å². The van der Waals surface area contributed by atoms with E-state index in [2.05, 4.69) is 15.6 Å². The Labute approximate surface area is 110 Å².